The highest BCUT2D eigenvalue weighted by molar-refractivity contribution is 6.45. The molecule has 0 aromatic heterocycles. The first-order valence-electron chi connectivity index (χ1n) is 6.29. The Balaban J connectivity index is 2.23. The van der Waals surface area contributed by atoms with Crippen LogP contribution in [0.1, 0.15) is 17.9 Å². The van der Waals surface area contributed by atoms with E-state index in [2.05, 4.69) is 0 Å². The number of nitrogens with zero attached hydrogens (tertiary/aromatic N) is 1. The van der Waals surface area contributed by atoms with Gasteiger partial charge < -0.3 is 14.9 Å². The monoisotopic (exact) mass is 247 g/mol. The maximum absolute atomic E-state index is 11.3. The molecule has 4 nitrogen and oxygen atoms in total. The molecule has 0 radical (unpaired) electrons. The molecule has 0 saturated carbocycles. The molecule has 0 bridgehead atoms. The number of carbonyl (C=O) groups is 1. The molecule has 96 valence electrons. The fourth-order valence-electron chi connectivity index (χ4n) is 2.65. The Bertz CT molecular complexity index is 410. The maximum Gasteiger partial charge on any atom is 0.376 e. The molecule has 1 fully saturated rings. The second-order valence-electron chi connectivity index (χ2n) is 4.88. The molecule has 0 amide bonds. The molecular weight excluding hydrogens is 229 g/mol. The van der Waals surface area contributed by atoms with E-state index in [0.29, 0.717) is 19.5 Å². The third kappa shape index (κ3) is 2.74. The minimum Gasteiger partial charge on any atom is -0.481 e. The molecule has 2 N–H and O–H groups in total. The standard InChI is InChI=1S/C13H18BNO3/c1-14(18)15-8-7-11(13(16)17)12(9-15)10-5-3-2-4-6-10/h2-6,11-12,18H,7-9H2,1H3,(H,16,17)/t11-,12-/m0/s1. The molecular formula is C13H18BNO3. The summed E-state index contributed by atoms with van der Waals surface area (Å²) in [4.78, 5) is 13.3. The van der Waals surface area contributed by atoms with Crippen molar-refractivity contribution < 1.29 is 14.9 Å². The van der Waals surface area contributed by atoms with Gasteiger partial charge in [-0.2, -0.15) is 0 Å². The van der Waals surface area contributed by atoms with Crippen LogP contribution in [-0.4, -0.2) is 41.1 Å². The molecule has 18 heavy (non-hydrogen) atoms. The molecule has 1 heterocycles. The summed E-state index contributed by atoms with van der Waals surface area (Å²) in [5.74, 6) is -1.15. The Morgan fingerprint density at radius 1 is 1.39 bits per heavy atom. The molecule has 1 saturated heterocycles. The summed E-state index contributed by atoms with van der Waals surface area (Å²) in [5, 5.41) is 19.0. The van der Waals surface area contributed by atoms with Gasteiger partial charge in [-0.25, -0.2) is 0 Å². The smallest absolute Gasteiger partial charge is 0.376 e. The SMILES string of the molecule is CB(O)N1CC[C@H](C(=O)O)[C@H](c2ccccc2)C1. The number of hydrogen-bond acceptors (Lipinski definition) is 3. The van der Waals surface area contributed by atoms with Crippen LogP contribution in [-0.2, 0) is 4.79 Å². The predicted molar refractivity (Wildman–Crippen MR) is 70.3 cm³/mol. The first-order valence-corrected chi connectivity index (χ1v) is 6.29. The summed E-state index contributed by atoms with van der Waals surface area (Å²) < 4.78 is 0. The van der Waals surface area contributed by atoms with Crippen molar-refractivity contribution in [3.05, 3.63) is 35.9 Å². The van der Waals surface area contributed by atoms with Gasteiger partial charge in [-0.15, -0.1) is 0 Å². The summed E-state index contributed by atoms with van der Waals surface area (Å²) in [6.07, 6.45) is 0.583. The molecule has 0 aliphatic carbocycles. The van der Waals surface area contributed by atoms with Gasteiger partial charge in [0.15, 0.2) is 0 Å². The molecule has 5 heteroatoms. The van der Waals surface area contributed by atoms with Gasteiger partial charge in [-0.1, -0.05) is 30.3 Å². The lowest BCUT2D eigenvalue weighted by Gasteiger charge is -2.37. The minimum atomic E-state index is -0.742. The van der Waals surface area contributed by atoms with Crippen LogP contribution in [0.2, 0.25) is 6.82 Å². The van der Waals surface area contributed by atoms with Crippen molar-refractivity contribution in [3.63, 3.8) is 0 Å². The summed E-state index contributed by atoms with van der Waals surface area (Å²) in [6, 6.07) is 9.71. The number of carboxylic acid groups (broad SMARTS) is 1. The molecule has 2 rings (SSSR count). The zero-order valence-electron chi connectivity index (χ0n) is 10.5. The Labute approximate surface area is 107 Å². The van der Waals surface area contributed by atoms with Crippen molar-refractivity contribution in [3.8, 4) is 0 Å². The normalized spacial score (nSPS) is 24.8. The first-order chi connectivity index (χ1) is 8.59. The topological polar surface area (TPSA) is 60.8 Å². The van der Waals surface area contributed by atoms with Crippen molar-refractivity contribution in [2.75, 3.05) is 13.1 Å². The molecule has 1 aliphatic heterocycles. The Kier molecular flexibility index (Phi) is 4.04. The van der Waals surface area contributed by atoms with Crippen LogP contribution in [0.3, 0.4) is 0 Å². The molecule has 1 aromatic rings. The number of aliphatic carboxylic acids is 1. The van der Waals surface area contributed by atoms with Gasteiger partial charge in [0.1, 0.15) is 0 Å². The van der Waals surface area contributed by atoms with Gasteiger partial charge in [0.2, 0.25) is 0 Å². The number of hydrogen-bond donors (Lipinski definition) is 2. The second kappa shape index (κ2) is 5.54. The predicted octanol–water partition coefficient (Wildman–Crippen LogP) is 1.29. The van der Waals surface area contributed by atoms with E-state index in [9.17, 15) is 14.9 Å². The highest BCUT2D eigenvalue weighted by atomic mass is 16.4. The van der Waals surface area contributed by atoms with Crippen LogP contribution >= 0.6 is 0 Å². The van der Waals surface area contributed by atoms with Crippen molar-refractivity contribution in [2.24, 2.45) is 5.92 Å². The summed E-state index contributed by atoms with van der Waals surface area (Å²) in [6.45, 7) is 2.96. The zero-order chi connectivity index (χ0) is 13.1. The average molecular weight is 247 g/mol. The highest BCUT2D eigenvalue weighted by Crippen LogP contribution is 2.32. The highest BCUT2D eigenvalue weighted by Gasteiger charge is 2.36. The maximum atomic E-state index is 11.3. The number of piperidine rings is 1. The van der Waals surface area contributed by atoms with E-state index in [4.69, 9.17) is 0 Å². The van der Waals surface area contributed by atoms with Gasteiger partial charge >= 0.3 is 13.0 Å². The third-order valence-electron chi connectivity index (χ3n) is 3.72. The van der Waals surface area contributed by atoms with Crippen molar-refractivity contribution in [2.45, 2.75) is 19.2 Å². The van der Waals surface area contributed by atoms with E-state index in [0.717, 1.165) is 5.56 Å². The Morgan fingerprint density at radius 3 is 2.61 bits per heavy atom. The lowest BCUT2D eigenvalue weighted by Crippen LogP contribution is -2.48. The van der Waals surface area contributed by atoms with E-state index in [1.165, 1.54) is 0 Å². The molecule has 1 aliphatic rings. The minimum absolute atomic E-state index is 0.0490. The van der Waals surface area contributed by atoms with Gasteiger partial charge in [0.05, 0.1) is 5.92 Å². The largest absolute Gasteiger partial charge is 0.481 e. The van der Waals surface area contributed by atoms with E-state index >= 15 is 0 Å². The quantitative estimate of drug-likeness (QED) is 0.790. The number of rotatable bonds is 3. The fraction of sp³-hybridized carbons (Fsp3) is 0.462. The molecule has 0 unspecified atom stereocenters. The molecule has 2 atom stereocenters. The Hall–Kier alpha value is -1.33. The van der Waals surface area contributed by atoms with E-state index < -0.39 is 13.0 Å². The van der Waals surface area contributed by atoms with Crippen LogP contribution in [0, 0.1) is 5.92 Å². The first kappa shape index (κ1) is 13.1. The van der Waals surface area contributed by atoms with E-state index in [-0.39, 0.29) is 11.8 Å². The van der Waals surface area contributed by atoms with Crippen LogP contribution in [0.25, 0.3) is 0 Å². The third-order valence-corrected chi connectivity index (χ3v) is 3.72. The second-order valence-corrected chi connectivity index (χ2v) is 4.88. The fourth-order valence-corrected chi connectivity index (χ4v) is 2.65. The van der Waals surface area contributed by atoms with Gasteiger partial charge in [0.25, 0.3) is 0 Å². The van der Waals surface area contributed by atoms with Gasteiger partial charge in [-0.3, -0.25) is 4.79 Å². The van der Waals surface area contributed by atoms with Crippen LogP contribution in [0.15, 0.2) is 30.3 Å². The van der Waals surface area contributed by atoms with Gasteiger partial charge in [0, 0.05) is 5.92 Å². The van der Waals surface area contributed by atoms with Gasteiger partial charge in [-0.05, 0) is 31.9 Å². The zero-order valence-corrected chi connectivity index (χ0v) is 10.5. The number of carboxylic acids is 1. The average Bonchev–Trinajstić information content (AvgIpc) is 2.39. The summed E-state index contributed by atoms with van der Waals surface area (Å²) in [5.41, 5.74) is 1.04. The summed E-state index contributed by atoms with van der Waals surface area (Å²) in [7, 11) is -0.522. The van der Waals surface area contributed by atoms with Crippen molar-refractivity contribution in [1.29, 1.82) is 0 Å². The van der Waals surface area contributed by atoms with E-state index in [1.54, 1.807) is 6.82 Å². The van der Waals surface area contributed by atoms with Crippen LogP contribution < -0.4 is 0 Å². The van der Waals surface area contributed by atoms with Crippen molar-refractivity contribution >= 4 is 13.0 Å². The lowest BCUT2D eigenvalue weighted by atomic mass is 9.74. The Morgan fingerprint density at radius 2 is 2.06 bits per heavy atom. The molecule has 0 spiro atoms. The number of benzene rings is 1. The lowest BCUT2D eigenvalue weighted by molar-refractivity contribution is -0.143. The molecule has 1 aromatic carbocycles. The van der Waals surface area contributed by atoms with E-state index in [1.807, 2.05) is 35.1 Å². The van der Waals surface area contributed by atoms with Crippen molar-refractivity contribution in [1.82, 2.24) is 4.81 Å². The van der Waals surface area contributed by atoms with Crippen LogP contribution in [0.4, 0.5) is 0 Å². The van der Waals surface area contributed by atoms with Crippen LogP contribution in [0.5, 0.6) is 0 Å². The summed E-state index contributed by atoms with van der Waals surface area (Å²) >= 11 is 0.